The van der Waals surface area contributed by atoms with E-state index < -0.39 is 10.0 Å². The quantitative estimate of drug-likeness (QED) is 0.713. The first-order valence-electron chi connectivity index (χ1n) is 11.5. The van der Waals surface area contributed by atoms with Gasteiger partial charge in [0.25, 0.3) is 0 Å². The minimum atomic E-state index is -3.18. The monoisotopic (exact) mass is 467 g/mol. The summed E-state index contributed by atoms with van der Waals surface area (Å²) in [4.78, 5) is 19.9. The fourth-order valence-electron chi connectivity index (χ4n) is 4.52. The molecular formula is C26H33N3O3S. The Kier molecular flexibility index (Phi) is 6.22. The molecule has 1 saturated heterocycles. The molecule has 33 heavy (non-hydrogen) atoms. The molecule has 6 nitrogen and oxygen atoms in total. The van der Waals surface area contributed by atoms with Gasteiger partial charge >= 0.3 is 0 Å². The third-order valence-corrected chi connectivity index (χ3v) is 7.18. The summed E-state index contributed by atoms with van der Waals surface area (Å²) in [6, 6.07) is 6.46. The summed E-state index contributed by atoms with van der Waals surface area (Å²) in [7, 11) is -3.18. The van der Waals surface area contributed by atoms with Crippen molar-refractivity contribution in [3.8, 4) is 0 Å². The normalized spacial score (nSPS) is 19.7. The van der Waals surface area contributed by atoms with E-state index >= 15 is 0 Å². The molecule has 1 aliphatic carbocycles. The Morgan fingerprint density at radius 3 is 2.61 bits per heavy atom. The van der Waals surface area contributed by atoms with Gasteiger partial charge in [-0.25, -0.2) is 13.1 Å². The molecule has 1 aliphatic heterocycles. The first kappa shape index (κ1) is 23.6. The molecule has 7 heteroatoms. The van der Waals surface area contributed by atoms with Gasteiger partial charge in [-0.15, -0.1) is 0 Å². The molecule has 2 aliphatic rings. The van der Waals surface area contributed by atoms with E-state index in [1.165, 1.54) is 11.8 Å². The molecule has 176 valence electrons. The molecule has 0 amide bonds. The second-order valence-corrected chi connectivity index (χ2v) is 12.3. The van der Waals surface area contributed by atoms with Gasteiger partial charge in [0.2, 0.25) is 10.0 Å². The number of anilines is 1. The molecule has 4 rings (SSSR count). The zero-order valence-corrected chi connectivity index (χ0v) is 20.9. The molecular weight excluding hydrogens is 434 g/mol. The topological polar surface area (TPSA) is 79.4 Å². The van der Waals surface area contributed by atoms with Crippen LogP contribution in [-0.4, -0.2) is 45.1 Å². The van der Waals surface area contributed by atoms with Gasteiger partial charge in [-0.2, -0.15) is 0 Å². The molecule has 1 aromatic heterocycles. The third kappa shape index (κ3) is 5.36. The smallest absolute Gasteiger partial charge is 0.208 e. The number of carbonyl (C=O) groups is 1. The first-order chi connectivity index (χ1) is 15.4. The van der Waals surface area contributed by atoms with Crippen LogP contribution in [0.1, 0.15) is 51.7 Å². The van der Waals surface area contributed by atoms with Crippen LogP contribution in [0.3, 0.4) is 0 Å². The molecule has 0 spiro atoms. The maximum atomic E-state index is 12.9. The zero-order chi connectivity index (χ0) is 24.0. The summed E-state index contributed by atoms with van der Waals surface area (Å²) in [5, 5.41) is 1.02. The number of sulfonamides is 1. The van der Waals surface area contributed by atoms with E-state index in [2.05, 4.69) is 48.6 Å². The second-order valence-electron chi connectivity index (χ2n) is 10.5. The van der Waals surface area contributed by atoms with E-state index in [9.17, 15) is 13.2 Å². The zero-order valence-electron chi connectivity index (χ0n) is 20.1. The highest BCUT2D eigenvalue weighted by Crippen LogP contribution is 2.35. The van der Waals surface area contributed by atoms with Crippen LogP contribution in [0.5, 0.6) is 0 Å². The van der Waals surface area contributed by atoms with Crippen molar-refractivity contribution in [1.29, 1.82) is 0 Å². The molecule has 2 heterocycles. The van der Waals surface area contributed by atoms with Crippen molar-refractivity contribution in [3.63, 3.8) is 0 Å². The van der Waals surface area contributed by atoms with Crippen molar-refractivity contribution in [2.75, 3.05) is 30.8 Å². The van der Waals surface area contributed by atoms with Crippen LogP contribution >= 0.6 is 0 Å². The lowest BCUT2D eigenvalue weighted by atomic mass is 9.82. The number of carbonyl (C=O) groups excluding carboxylic acids is 1. The number of nitrogens with zero attached hydrogens (tertiary/aromatic N) is 2. The predicted octanol–water partition coefficient (Wildman–Crippen LogP) is 4.21. The number of fused-ring (bicyclic) bond motifs is 1. The SMILES string of the molecule is CC1=CC=C(c2cc(C(C)(C)C)cc3cc(N4CC[C@H](CNS(C)(=O)=O)C4)cnc23)C(=O)C1. The second kappa shape index (κ2) is 8.69. The Bertz CT molecular complexity index is 1270. The van der Waals surface area contributed by atoms with E-state index in [4.69, 9.17) is 4.98 Å². The number of pyridine rings is 1. The Labute approximate surface area is 196 Å². The first-order valence-corrected chi connectivity index (χ1v) is 13.3. The third-order valence-electron chi connectivity index (χ3n) is 6.48. The van der Waals surface area contributed by atoms with Gasteiger partial charge in [-0.1, -0.05) is 38.5 Å². The van der Waals surface area contributed by atoms with Crippen molar-refractivity contribution in [1.82, 2.24) is 9.71 Å². The van der Waals surface area contributed by atoms with Crippen LogP contribution in [0.25, 0.3) is 16.5 Å². The van der Waals surface area contributed by atoms with Gasteiger partial charge < -0.3 is 4.90 Å². The number of hydrogen-bond donors (Lipinski definition) is 1. The van der Waals surface area contributed by atoms with Crippen LogP contribution in [0.4, 0.5) is 5.69 Å². The lowest BCUT2D eigenvalue weighted by Gasteiger charge is -2.24. The fourth-order valence-corrected chi connectivity index (χ4v) is 5.06. The summed E-state index contributed by atoms with van der Waals surface area (Å²) in [5.74, 6) is 0.404. The van der Waals surface area contributed by atoms with Gasteiger partial charge in [-0.3, -0.25) is 9.78 Å². The molecule has 1 N–H and O–H groups in total. The Hall–Kier alpha value is -2.51. The van der Waals surface area contributed by atoms with Crippen LogP contribution in [-0.2, 0) is 20.2 Å². The Morgan fingerprint density at radius 1 is 1.18 bits per heavy atom. The molecule has 0 unspecified atom stereocenters. The number of Topliss-reactive ketones (excluding diaryl/α,β-unsaturated/α-hetero) is 1. The van der Waals surface area contributed by atoms with Crippen LogP contribution < -0.4 is 9.62 Å². The van der Waals surface area contributed by atoms with Gasteiger partial charge in [-0.05, 0) is 48.4 Å². The summed E-state index contributed by atoms with van der Waals surface area (Å²) in [5.41, 5.74) is 5.66. The van der Waals surface area contributed by atoms with Crippen molar-refractivity contribution >= 4 is 38.0 Å². The summed E-state index contributed by atoms with van der Waals surface area (Å²) >= 11 is 0. The molecule has 1 aromatic carbocycles. The van der Waals surface area contributed by atoms with Crippen LogP contribution in [0, 0.1) is 5.92 Å². The maximum Gasteiger partial charge on any atom is 0.208 e. The molecule has 0 bridgehead atoms. The molecule has 2 aromatic rings. The van der Waals surface area contributed by atoms with E-state index in [1.54, 1.807) is 0 Å². The van der Waals surface area contributed by atoms with Crippen molar-refractivity contribution in [3.05, 3.63) is 53.2 Å². The fraction of sp³-hybridized carbons (Fsp3) is 0.462. The summed E-state index contributed by atoms with van der Waals surface area (Å²) < 4.78 is 25.5. The van der Waals surface area contributed by atoms with Crippen molar-refractivity contribution < 1.29 is 13.2 Å². The lowest BCUT2D eigenvalue weighted by molar-refractivity contribution is -0.113. The predicted molar refractivity (Wildman–Crippen MR) is 135 cm³/mol. The number of benzene rings is 1. The standard InChI is InChI=1S/C26H33N3O3S/c1-17-6-7-22(24(30)10-17)23-13-20(26(2,3)4)11-19-12-21(15-27-25(19)23)29-9-8-18(16-29)14-28-33(5,31)32/h6-7,11-13,15,18,28H,8-10,14,16H2,1-5H3/t18-/m1/s1. The summed E-state index contributed by atoms with van der Waals surface area (Å²) in [6.07, 6.45) is 8.40. The summed E-state index contributed by atoms with van der Waals surface area (Å²) in [6.45, 7) is 10.6. The largest absolute Gasteiger partial charge is 0.370 e. The van der Waals surface area contributed by atoms with Gasteiger partial charge in [0.1, 0.15) is 0 Å². The Balaban J connectivity index is 1.71. The number of allylic oxidation sites excluding steroid dienone is 4. The van der Waals surface area contributed by atoms with E-state index in [-0.39, 0.29) is 17.1 Å². The number of aromatic nitrogens is 1. The Morgan fingerprint density at radius 2 is 1.94 bits per heavy atom. The van der Waals surface area contributed by atoms with Crippen LogP contribution in [0.15, 0.2) is 42.1 Å². The minimum Gasteiger partial charge on any atom is -0.370 e. The van der Waals surface area contributed by atoms with E-state index in [0.717, 1.165) is 52.8 Å². The van der Waals surface area contributed by atoms with Crippen LogP contribution in [0.2, 0.25) is 0 Å². The number of hydrogen-bond acceptors (Lipinski definition) is 5. The number of rotatable bonds is 5. The van der Waals surface area contributed by atoms with Crippen molar-refractivity contribution in [2.45, 2.75) is 46.0 Å². The average Bonchev–Trinajstić information content (AvgIpc) is 3.19. The van der Waals surface area contributed by atoms with Gasteiger partial charge in [0.05, 0.1) is 23.7 Å². The number of ketones is 1. The highest BCUT2D eigenvalue weighted by Gasteiger charge is 2.26. The molecule has 0 radical (unpaired) electrons. The molecule has 1 fully saturated rings. The highest BCUT2D eigenvalue weighted by molar-refractivity contribution is 7.88. The highest BCUT2D eigenvalue weighted by atomic mass is 32.2. The average molecular weight is 468 g/mol. The molecule has 0 saturated carbocycles. The number of nitrogens with one attached hydrogen (secondary N) is 1. The van der Waals surface area contributed by atoms with Gasteiger partial charge in [0, 0.05) is 42.6 Å². The minimum absolute atomic E-state index is 0.0704. The lowest BCUT2D eigenvalue weighted by Crippen LogP contribution is -2.30. The van der Waals surface area contributed by atoms with E-state index in [0.29, 0.717) is 13.0 Å². The van der Waals surface area contributed by atoms with Gasteiger partial charge in [0.15, 0.2) is 5.78 Å². The molecule has 1 atom stereocenters. The van der Waals surface area contributed by atoms with Crippen molar-refractivity contribution in [2.24, 2.45) is 5.92 Å². The maximum absolute atomic E-state index is 12.9. The van der Waals surface area contributed by atoms with E-state index in [1.807, 2.05) is 25.3 Å².